The van der Waals surface area contributed by atoms with Gasteiger partial charge in [-0.05, 0) is 44.3 Å². The number of hydrogen-bond acceptors (Lipinski definition) is 4. The third-order valence-electron chi connectivity index (χ3n) is 3.67. The number of nitrogens with zero attached hydrogens (tertiary/aromatic N) is 2. The van der Waals surface area contributed by atoms with Crippen molar-refractivity contribution in [3.8, 4) is 11.5 Å². The standard InChI is InChI=1S/C15H24N2O2/c1-16-7-4-8-17(10-9-16)12-13-5-6-14(18-2)15(11-13)19-3/h5-6,11H,4,7-10,12H2,1-3H3. The van der Waals surface area contributed by atoms with Gasteiger partial charge in [0.05, 0.1) is 14.2 Å². The van der Waals surface area contributed by atoms with E-state index >= 15 is 0 Å². The average Bonchev–Trinajstić information content (AvgIpc) is 2.63. The van der Waals surface area contributed by atoms with Crippen molar-refractivity contribution in [3.63, 3.8) is 0 Å². The SMILES string of the molecule is COc1ccc(CN2CCCN(C)CC2)cc1OC. The molecule has 1 fully saturated rings. The Balaban J connectivity index is 2.02. The first-order chi connectivity index (χ1) is 9.22. The normalized spacial score (nSPS) is 18.1. The van der Waals surface area contributed by atoms with Gasteiger partial charge in [0.25, 0.3) is 0 Å². The Bertz CT molecular complexity index is 409. The summed E-state index contributed by atoms with van der Waals surface area (Å²) >= 11 is 0. The van der Waals surface area contributed by atoms with E-state index in [4.69, 9.17) is 9.47 Å². The van der Waals surface area contributed by atoms with Gasteiger partial charge in [0.15, 0.2) is 11.5 Å². The highest BCUT2D eigenvalue weighted by atomic mass is 16.5. The molecular weight excluding hydrogens is 240 g/mol. The lowest BCUT2D eigenvalue weighted by Crippen LogP contribution is -2.28. The third-order valence-corrected chi connectivity index (χ3v) is 3.67. The van der Waals surface area contributed by atoms with Crippen molar-refractivity contribution in [2.75, 3.05) is 47.4 Å². The predicted octanol–water partition coefficient (Wildman–Crippen LogP) is 1.84. The zero-order valence-corrected chi connectivity index (χ0v) is 12.2. The Labute approximate surface area is 115 Å². The lowest BCUT2D eigenvalue weighted by Gasteiger charge is -2.20. The number of benzene rings is 1. The van der Waals surface area contributed by atoms with Crippen LogP contribution in [0.1, 0.15) is 12.0 Å². The topological polar surface area (TPSA) is 24.9 Å². The molecule has 0 saturated carbocycles. The Hall–Kier alpha value is -1.26. The molecule has 1 aliphatic heterocycles. The predicted molar refractivity (Wildman–Crippen MR) is 76.9 cm³/mol. The van der Waals surface area contributed by atoms with Crippen LogP contribution in [0.25, 0.3) is 0 Å². The fourth-order valence-electron chi connectivity index (χ4n) is 2.50. The molecule has 1 aromatic carbocycles. The van der Waals surface area contributed by atoms with Crippen molar-refractivity contribution in [2.45, 2.75) is 13.0 Å². The lowest BCUT2D eigenvalue weighted by atomic mass is 10.2. The van der Waals surface area contributed by atoms with Crippen LogP contribution in [0.5, 0.6) is 11.5 Å². The molecule has 0 spiro atoms. The molecule has 2 rings (SSSR count). The number of ether oxygens (including phenoxy) is 2. The van der Waals surface area contributed by atoms with Crippen molar-refractivity contribution >= 4 is 0 Å². The van der Waals surface area contributed by atoms with Crippen LogP contribution in [-0.4, -0.2) is 57.2 Å². The molecule has 0 atom stereocenters. The molecular formula is C15H24N2O2. The molecule has 1 aliphatic rings. The van der Waals surface area contributed by atoms with Crippen LogP contribution in [0.3, 0.4) is 0 Å². The van der Waals surface area contributed by atoms with Gasteiger partial charge in [-0.3, -0.25) is 4.90 Å². The maximum absolute atomic E-state index is 5.36. The summed E-state index contributed by atoms with van der Waals surface area (Å²) in [5, 5.41) is 0. The Morgan fingerprint density at radius 2 is 1.79 bits per heavy atom. The van der Waals surface area contributed by atoms with E-state index in [0.29, 0.717) is 0 Å². The maximum Gasteiger partial charge on any atom is 0.161 e. The van der Waals surface area contributed by atoms with Crippen LogP contribution < -0.4 is 9.47 Å². The molecule has 19 heavy (non-hydrogen) atoms. The van der Waals surface area contributed by atoms with Gasteiger partial charge in [0, 0.05) is 19.6 Å². The highest BCUT2D eigenvalue weighted by molar-refractivity contribution is 5.42. The van der Waals surface area contributed by atoms with Crippen LogP contribution >= 0.6 is 0 Å². The molecule has 1 saturated heterocycles. The largest absolute Gasteiger partial charge is 0.493 e. The minimum absolute atomic E-state index is 0.793. The molecule has 0 aliphatic carbocycles. The van der Waals surface area contributed by atoms with Gasteiger partial charge in [-0.15, -0.1) is 0 Å². The molecule has 1 heterocycles. The zero-order chi connectivity index (χ0) is 13.7. The van der Waals surface area contributed by atoms with Crippen molar-refractivity contribution in [1.82, 2.24) is 9.80 Å². The molecule has 0 unspecified atom stereocenters. The molecule has 1 aromatic rings. The van der Waals surface area contributed by atoms with Crippen LogP contribution in [0, 0.1) is 0 Å². The first-order valence-electron chi connectivity index (χ1n) is 6.84. The van der Waals surface area contributed by atoms with E-state index in [0.717, 1.165) is 31.1 Å². The van der Waals surface area contributed by atoms with Crippen molar-refractivity contribution in [3.05, 3.63) is 23.8 Å². The second-order valence-electron chi connectivity index (χ2n) is 5.12. The highest BCUT2D eigenvalue weighted by Gasteiger charge is 2.13. The average molecular weight is 264 g/mol. The van der Waals surface area contributed by atoms with Gasteiger partial charge in [0.2, 0.25) is 0 Å². The van der Waals surface area contributed by atoms with Crippen molar-refractivity contribution in [2.24, 2.45) is 0 Å². The summed E-state index contributed by atoms with van der Waals surface area (Å²) < 4.78 is 10.6. The molecule has 4 heteroatoms. The Morgan fingerprint density at radius 3 is 2.53 bits per heavy atom. The Kier molecular flexibility index (Phi) is 5.05. The van der Waals surface area contributed by atoms with Gasteiger partial charge >= 0.3 is 0 Å². The third kappa shape index (κ3) is 3.85. The smallest absolute Gasteiger partial charge is 0.161 e. The van der Waals surface area contributed by atoms with E-state index in [1.165, 1.54) is 25.1 Å². The van der Waals surface area contributed by atoms with E-state index in [-0.39, 0.29) is 0 Å². The summed E-state index contributed by atoms with van der Waals surface area (Å²) in [4.78, 5) is 4.90. The summed E-state index contributed by atoms with van der Waals surface area (Å²) in [6.45, 7) is 5.62. The molecule has 0 N–H and O–H groups in total. The lowest BCUT2D eigenvalue weighted by molar-refractivity contribution is 0.268. The van der Waals surface area contributed by atoms with E-state index in [9.17, 15) is 0 Å². The summed E-state index contributed by atoms with van der Waals surface area (Å²) in [5.74, 6) is 1.61. The second kappa shape index (κ2) is 6.78. The van der Waals surface area contributed by atoms with Gasteiger partial charge in [-0.2, -0.15) is 0 Å². The second-order valence-corrected chi connectivity index (χ2v) is 5.12. The number of likely N-dealkylation sites (N-methyl/N-ethyl adjacent to an activating group) is 1. The fourth-order valence-corrected chi connectivity index (χ4v) is 2.50. The molecule has 4 nitrogen and oxygen atoms in total. The van der Waals surface area contributed by atoms with Gasteiger partial charge in [0.1, 0.15) is 0 Å². The first kappa shape index (κ1) is 14.2. The van der Waals surface area contributed by atoms with Crippen LogP contribution in [-0.2, 0) is 6.54 Å². The summed E-state index contributed by atoms with van der Waals surface area (Å²) in [5.41, 5.74) is 1.28. The molecule has 0 aromatic heterocycles. The van der Waals surface area contributed by atoms with Crippen molar-refractivity contribution in [1.29, 1.82) is 0 Å². The van der Waals surface area contributed by atoms with E-state index < -0.39 is 0 Å². The number of methoxy groups -OCH3 is 2. The molecule has 0 amide bonds. The highest BCUT2D eigenvalue weighted by Crippen LogP contribution is 2.28. The van der Waals surface area contributed by atoms with E-state index in [2.05, 4.69) is 29.0 Å². The molecule has 106 valence electrons. The zero-order valence-electron chi connectivity index (χ0n) is 12.2. The van der Waals surface area contributed by atoms with Gasteiger partial charge < -0.3 is 14.4 Å². The van der Waals surface area contributed by atoms with Crippen molar-refractivity contribution < 1.29 is 9.47 Å². The maximum atomic E-state index is 5.36. The van der Waals surface area contributed by atoms with Gasteiger partial charge in [-0.25, -0.2) is 0 Å². The van der Waals surface area contributed by atoms with E-state index in [1.54, 1.807) is 14.2 Å². The van der Waals surface area contributed by atoms with Crippen LogP contribution in [0.4, 0.5) is 0 Å². The van der Waals surface area contributed by atoms with Crippen LogP contribution in [0.2, 0.25) is 0 Å². The quantitative estimate of drug-likeness (QED) is 0.828. The first-order valence-corrected chi connectivity index (χ1v) is 6.84. The fraction of sp³-hybridized carbons (Fsp3) is 0.600. The van der Waals surface area contributed by atoms with E-state index in [1.807, 2.05) is 6.07 Å². The molecule has 0 bridgehead atoms. The number of rotatable bonds is 4. The van der Waals surface area contributed by atoms with Crippen LogP contribution in [0.15, 0.2) is 18.2 Å². The summed E-state index contributed by atoms with van der Waals surface area (Å²) in [6.07, 6.45) is 1.24. The monoisotopic (exact) mass is 264 g/mol. The van der Waals surface area contributed by atoms with Gasteiger partial charge in [-0.1, -0.05) is 6.07 Å². The summed E-state index contributed by atoms with van der Waals surface area (Å²) in [6, 6.07) is 6.18. The molecule has 0 radical (unpaired) electrons. The minimum Gasteiger partial charge on any atom is -0.493 e. The number of hydrogen-bond donors (Lipinski definition) is 0. The summed E-state index contributed by atoms with van der Waals surface area (Å²) in [7, 11) is 5.55. The Morgan fingerprint density at radius 1 is 1.00 bits per heavy atom. The minimum atomic E-state index is 0.793.